The van der Waals surface area contributed by atoms with Crippen LogP contribution in [0.4, 0.5) is 0 Å². The van der Waals surface area contributed by atoms with Gasteiger partial charge in [-0.1, -0.05) is 37.5 Å². The molecule has 1 unspecified atom stereocenters. The maximum Gasteiger partial charge on any atom is 0.0645 e. The van der Waals surface area contributed by atoms with Crippen LogP contribution >= 0.6 is 0 Å². The van der Waals surface area contributed by atoms with E-state index in [0.29, 0.717) is 12.6 Å². The number of benzene rings is 1. The maximum absolute atomic E-state index is 5.97. The summed E-state index contributed by atoms with van der Waals surface area (Å²) in [4.78, 5) is 0. The third-order valence-electron chi connectivity index (χ3n) is 4.30. The minimum absolute atomic E-state index is 0.200. The fourth-order valence-corrected chi connectivity index (χ4v) is 3.09. The van der Waals surface area contributed by atoms with Crippen molar-refractivity contribution in [3.63, 3.8) is 0 Å². The molecule has 2 aromatic rings. The van der Waals surface area contributed by atoms with E-state index in [2.05, 4.69) is 28.7 Å². The van der Waals surface area contributed by atoms with Gasteiger partial charge in [-0.15, -0.1) is 0 Å². The molecule has 0 saturated heterocycles. The van der Waals surface area contributed by atoms with Crippen molar-refractivity contribution < 1.29 is 0 Å². The number of nitrogens with one attached hydrogen (secondary N) is 1. The molecule has 21 heavy (non-hydrogen) atoms. The minimum atomic E-state index is 0.200. The van der Waals surface area contributed by atoms with Crippen LogP contribution in [-0.2, 0) is 0 Å². The normalized spacial score (nSPS) is 17.8. The number of rotatable bonds is 5. The summed E-state index contributed by atoms with van der Waals surface area (Å²) in [6.07, 6.45) is 10.6. The molecule has 1 aromatic heterocycles. The van der Waals surface area contributed by atoms with Crippen molar-refractivity contribution in [1.82, 2.24) is 15.1 Å². The Labute approximate surface area is 126 Å². The summed E-state index contributed by atoms with van der Waals surface area (Å²) in [6.45, 7) is 0.608. The molecule has 0 radical (unpaired) electrons. The first-order valence-electron chi connectivity index (χ1n) is 7.93. The Bertz CT molecular complexity index is 543. The SMILES string of the molecule is NCC(NC1CCCCC1)c1cnn(-c2ccccc2)c1. The van der Waals surface area contributed by atoms with E-state index in [1.54, 1.807) is 0 Å². The van der Waals surface area contributed by atoms with E-state index >= 15 is 0 Å². The lowest BCUT2D eigenvalue weighted by Crippen LogP contribution is -2.37. The third kappa shape index (κ3) is 3.52. The average Bonchev–Trinajstić information content (AvgIpc) is 3.04. The molecule has 0 amide bonds. The highest BCUT2D eigenvalue weighted by molar-refractivity contribution is 5.31. The van der Waals surface area contributed by atoms with Gasteiger partial charge in [-0.05, 0) is 25.0 Å². The predicted molar refractivity (Wildman–Crippen MR) is 85.4 cm³/mol. The Morgan fingerprint density at radius 2 is 1.95 bits per heavy atom. The molecule has 1 heterocycles. The van der Waals surface area contributed by atoms with Gasteiger partial charge < -0.3 is 11.1 Å². The fourth-order valence-electron chi connectivity index (χ4n) is 3.09. The van der Waals surface area contributed by atoms with Gasteiger partial charge in [0.25, 0.3) is 0 Å². The molecule has 1 atom stereocenters. The van der Waals surface area contributed by atoms with Crippen molar-refractivity contribution in [2.24, 2.45) is 5.73 Å². The summed E-state index contributed by atoms with van der Waals surface area (Å²) < 4.78 is 1.92. The molecule has 0 spiro atoms. The first kappa shape index (κ1) is 14.3. The van der Waals surface area contributed by atoms with Crippen molar-refractivity contribution in [2.75, 3.05) is 6.54 Å². The highest BCUT2D eigenvalue weighted by Gasteiger charge is 2.19. The Hall–Kier alpha value is -1.65. The monoisotopic (exact) mass is 284 g/mol. The first-order valence-corrected chi connectivity index (χ1v) is 7.93. The number of hydrogen-bond acceptors (Lipinski definition) is 3. The average molecular weight is 284 g/mol. The molecule has 1 aliphatic carbocycles. The fraction of sp³-hybridized carbons (Fsp3) is 0.471. The lowest BCUT2D eigenvalue weighted by Gasteiger charge is -2.27. The van der Waals surface area contributed by atoms with Gasteiger partial charge in [0.1, 0.15) is 0 Å². The van der Waals surface area contributed by atoms with E-state index in [9.17, 15) is 0 Å². The third-order valence-corrected chi connectivity index (χ3v) is 4.30. The van der Waals surface area contributed by atoms with Crippen LogP contribution in [0.15, 0.2) is 42.7 Å². The summed E-state index contributed by atoms with van der Waals surface area (Å²) in [5.41, 5.74) is 8.22. The van der Waals surface area contributed by atoms with Gasteiger partial charge in [-0.25, -0.2) is 4.68 Å². The van der Waals surface area contributed by atoms with Gasteiger partial charge in [0, 0.05) is 30.4 Å². The Balaban J connectivity index is 1.71. The second kappa shape index (κ2) is 6.87. The molecule has 4 nitrogen and oxygen atoms in total. The van der Waals surface area contributed by atoms with Crippen molar-refractivity contribution in [3.05, 3.63) is 48.3 Å². The summed E-state index contributed by atoms with van der Waals surface area (Å²) in [5.74, 6) is 0. The Kier molecular flexibility index (Phi) is 4.68. The largest absolute Gasteiger partial charge is 0.329 e. The highest BCUT2D eigenvalue weighted by Crippen LogP contribution is 2.21. The van der Waals surface area contributed by atoms with Crippen LogP contribution in [0.3, 0.4) is 0 Å². The van der Waals surface area contributed by atoms with Crippen LogP contribution in [0.1, 0.15) is 43.7 Å². The molecular weight excluding hydrogens is 260 g/mol. The van der Waals surface area contributed by atoms with Gasteiger partial charge in [0.05, 0.1) is 11.9 Å². The quantitative estimate of drug-likeness (QED) is 0.887. The zero-order valence-corrected chi connectivity index (χ0v) is 12.4. The topological polar surface area (TPSA) is 55.9 Å². The molecule has 112 valence electrons. The van der Waals surface area contributed by atoms with Crippen molar-refractivity contribution in [1.29, 1.82) is 0 Å². The lowest BCUT2D eigenvalue weighted by molar-refractivity contribution is 0.340. The summed E-state index contributed by atoms with van der Waals surface area (Å²) in [6, 6.07) is 11.0. The van der Waals surface area contributed by atoms with E-state index in [1.807, 2.05) is 29.1 Å². The molecule has 1 aliphatic rings. The van der Waals surface area contributed by atoms with Gasteiger partial charge in [-0.2, -0.15) is 5.10 Å². The number of aromatic nitrogens is 2. The van der Waals surface area contributed by atoms with Gasteiger partial charge >= 0.3 is 0 Å². The number of nitrogens with zero attached hydrogens (tertiary/aromatic N) is 2. The van der Waals surface area contributed by atoms with Gasteiger partial charge in [0.15, 0.2) is 0 Å². The summed E-state index contributed by atoms with van der Waals surface area (Å²) >= 11 is 0. The number of para-hydroxylation sites is 1. The molecule has 1 aromatic carbocycles. The van der Waals surface area contributed by atoms with Crippen LogP contribution in [0.25, 0.3) is 5.69 Å². The first-order chi connectivity index (χ1) is 10.4. The highest BCUT2D eigenvalue weighted by atomic mass is 15.3. The minimum Gasteiger partial charge on any atom is -0.329 e. The van der Waals surface area contributed by atoms with Crippen molar-refractivity contribution >= 4 is 0 Å². The zero-order chi connectivity index (χ0) is 14.5. The number of nitrogens with two attached hydrogens (primary N) is 1. The maximum atomic E-state index is 5.97. The Morgan fingerprint density at radius 1 is 1.19 bits per heavy atom. The molecule has 1 saturated carbocycles. The van der Waals surface area contributed by atoms with Crippen LogP contribution in [-0.4, -0.2) is 22.4 Å². The van der Waals surface area contributed by atoms with E-state index < -0.39 is 0 Å². The van der Waals surface area contributed by atoms with Crippen LogP contribution in [0.2, 0.25) is 0 Å². The predicted octanol–water partition coefficient (Wildman–Crippen LogP) is 2.79. The van der Waals surface area contributed by atoms with Crippen molar-refractivity contribution in [3.8, 4) is 5.69 Å². The standard InChI is InChI=1S/C17H24N4/c18-11-17(20-15-7-3-1-4-8-15)14-12-19-21(13-14)16-9-5-2-6-10-16/h2,5-6,9-10,12-13,15,17,20H,1,3-4,7-8,11,18H2. The summed E-state index contributed by atoms with van der Waals surface area (Å²) in [5, 5.41) is 8.18. The van der Waals surface area contributed by atoms with Crippen LogP contribution in [0.5, 0.6) is 0 Å². The molecule has 4 heteroatoms. The second-order valence-corrected chi connectivity index (χ2v) is 5.84. The van der Waals surface area contributed by atoms with E-state index in [1.165, 1.54) is 37.7 Å². The molecular formula is C17H24N4. The second-order valence-electron chi connectivity index (χ2n) is 5.84. The number of hydrogen-bond donors (Lipinski definition) is 2. The molecule has 3 N–H and O–H groups in total. The van der Waals surface area contributed by atoms with E-state index in [-0.39, 0.29) is 6.04 Å². The molecule has 3 rings (SSSR count). The van der Waals surface area contributed by atoms with Crippen LogP contribution in [0, 0.1) is 0 Å². The molecule has 0 aliphatic heterocycles. The molecule has 0 bridgehead atoms. The summed E-state index contributed by atoms with van der Waals surface area (Å²) in [7, 11) is 0. The van der Waals surface area contributed by atoms with Gasteiger partial charge in [0.2, 0.25) is 0 Å². The lowest BCUT2D eigenvalue weighted by atomic mass is 9.94. The smallest absolute Gasteiger partial charge is 0.0645 e. The van der Waals surface area contributed by atoms with E-state index in [4.69, 9.17) is 5.73 Å². The van der Waals surface area contributed by atoms with E-state index in [0.717, 1.165) is 5.69 Å². The Morgan fingerprint density at radius 3 is 2.67 bits per heavy atom. The molecule has 1 fully saturated rings. The van der Waals surface area contributed by atoms with Gasteiger partial charge in [-0.3, -0.25) is 0 Å². The van der Waals surface area contributed by atoms with Crippen molar-refractivity contribution in [2.45, 2.75) is 44.2 Å². The zero-order valence-electron chi connectivity index (χ0n) is 12.4. The van der Waals surface area contributed by atoms with Crippen LogP contribution < -0.4 is 11.1 Å².